The van der Waals surface area contributed by atoms with E-state index in [4.69, 9.17) is 5.73 Å². The monoisotopic (exact) mass is 401 g/mol. The molecule has 2 aromatic carbocycles. The van der Waals surface area contributed by atoms with Gasteiger partial charge in [-0.3, -0.25) is 10.1 Å². The molecule has 0 bridgehead atoms. The molecule has 9 nitrogen and oxygen atoms in total. The van der Waals surface area contributed by atoms with E-state index in [2.05, 4.69) is 44.5 Å². The van der Waals surface area contributed by atoms with Gasteiger partial charge in [-0.25, -0.2) is 9.97 Å². The SMILES string of the molecule is Nc1nc(NCc2ccccc2-c2ccc(Cn3ccnc3)cc2)ncc1[N+](=O)[O-]. The summed E-state index contributed by atoms with van der Waals surface area (Å²) in [4.78, 5) is 22.2. The smallest absolute Gasteiger partial charge is 0.329 e. The van der Waals surface area contributed by atoms with Crippen LogP contribution in [0.4, 0.5) is 17.5 Å². The first-order valence-corrected chi connectivity index (χ1v) is 9.24. The summed E-state index contributed by atoms with van der Waals surface area (Å²) in [5.41, 5.74) is 9.72. The number of imidazole rings is 1. The van der Waals surface area contributed by atoms with Crippen molar-refractivity contribution < 1.29 is 4.92 Å². The lowest BCUT2D eigenvalue weighted by atomic mass is 9.98. The van der Waals surface area contributed by atoms with Crippen molar-refractivity contribution in [2.24, 2.45) is 0 Å². The first-order chi connectivity index (χ1) is 14.6. The van der Waals surface area contributed by atoms with Crippen molar-refractivity contribution in [3.05, 3.63) is 94.7 Å². The van der Waals surface area contributed by atoms with E-state index in [1.54, 1.807) is 12.5 Å². The molecule has 0 fully saturated rings. The van der Waals surface area contributed by atoms with Crippen molar-refractivity contribution in [2.45, 2.75) is 13.1 Å². The van der Waals surface area contributed by atoms with E-state index in [0.717, 1.165) is 29.4 Å². The Morgan fingerprint density at radius 1 is 1.13 bits per heavy atom. The molecule has 0 saturated heterocycles. The predicted octanol–water partition coefficient (Wildman–Crippen LogP) is 3.49. The van der Waals surface area contributed by atoms with Gasteiger partial charge in [0.1, 0.15) is 6.20 Å². The molecule has 4 rings (SSSR count). The average Bonchev–Trinajstić information content (AvgIpc) is 3.26. The van der Waals surface area contributed by atoms with Gasteiger partial charge >= 0.3 is 5.69 Å². The Morgan fingerprint density at radius 3 is 2.63 bits per heavy atom. The number of aromatic nitrogens is 4. The molecule has 0 atom stereocenters. The number of benzene rings is 2. The molecular weight excluding hydrogens is 382 g/mol. The number of nitrogens with zero attached hydrogens (tertiary/aromatic N) is 5. The van der Waals surface area contributed by atoms with Gasteiger partial charge in [-0.05, 0) is 22.3 Å². The topological polar surface area (TPSA) is 125 Å². The minimum absolute atomic E-state index is 0.167. The fourth-order valence-electron chi connectivity index (χ4n) is 3.13. The molecule has 0 aliphatic heterocycles. The number of rotatable bonds is 7. The van der Waals surface area contributed by atoms with Crippen molar-refractivity contribution in [1.82, 2.24) is 19.5 Å². The Labute approximate surface area is 172 Å². The zero-order valence-electron chi connectivity index (χ0n) is 16.0. The fraction of sp³-hybridized carbons (Fsp3) is 0.0952. The van der Waals surface area contributed by atoms with Crippen LogP contribution in [0.5, 0.6) is 0 Å². The third-order valence-electron chi connectivity index (χ3n) is 4.64. The molecule has 0 saturated carbocycles. The summed E-state index contributed by atoms with van der Waals surface area (Å²) in [5.74, 6) is 0.0721. The summed E-state index contributed by atoms with van der Waals surface area (Å²) in [7, 11) is 0. The molecule has 0 aliphatic carbocycles. The molecule has 0 spiro atoms. The summed E-state index contributed by atoms with van der Waals surface area (Å²) in [5, 5.41) is 13.9. The number of anilines is 2. The maximum Gasteiger partial charge on any atom is 0.329 e. The molecule has 0 aliphatic rings. The van der Waals surface area contributed by atoms with Crippen LogP contribution in [0.25, 0.3) is 11.1 Å². The Balaban J connectivity index is 1.50. The Bertz CT molecular complexity index is 1160. The van der Waals surface area contributed by atoms with E-state index in [0.29, 0.717) is 6.54 Å². The minimum Gasteiger partial charge on any atom is -0.378 e. The highest BCUT2D eigenvalue weighted by atomic mass is 16.6. The van der Waals surface area contributed by atoms with Crippen molar-refractivity contribution in [3.63, 3.8) is 0 Å². The second kappa shape index (κ2) is 8.39. The summed E-state index contributed by atoms with van der Waals surface area (Å²) >= 11 is 0. The van der Waals surface area contributed by atoms with E-state index in [-0.39, 0.29) is 17.5 Å². The lowest BCUT2D eigenvalue weighted by Gasteiger charge is -2.12. The van der Waals surface area contributed by atoms with Gasteiger partial charge in [0.2, 0.25) is 11.8 Å². The second-order valence-corrected chi connectivity index (χ2v) is 6.66. The van der Waals surface area contributed by atoms with Crippen LogP contribution in [0.1, 0.15) is 11.1 Å². The van der Waals surface area contributed by atoms with Crippen molar-refractivity contribution in [3.8, 4) is 11.1 Å². The third kappa shape index (κ3) is 4.25. The van der Waals surface area contributed by atoms with Gasteiger partial charge < -0.3 is 15.6 Å². The molecular formula is C21H19N7O2. The molecule has 30 heavy (non-hydrogen) atoms. The number of nitrogen functional groups attached to an aromatic ring is 1. The van der Waals surface area contributed by atoms with Crippen LogP contribution in [-0.2, 0) is 13.1 Å². The van der Waals surface area contributed by atoms with E-state index < -0.39 is 4.92 Å². The molecule has 2 heterocycles. The molecule has 0 unspecified atom stereocenters. The van der Waals surface area contributed by atoms with Gasteiger partial charge in [0.15, 0.2) is 0 Å². The second-order valence-electron chi connectivity index (χ2n) is 6.66. The summed E-state index contributed by atoms with van der Waals surface area (Å²) in [6.45, 7) is 1.21. The number of hydrogen-bond donors (Lipinski definition) is 2. The van der Waals surface area contributed by atoms with Crippen LogP contribution < -0.4 is 11.1 Å². The van der Waals surface area contributed by atoms with Crippen molar-refractivity contribution in [1.29, 1.82) is 0 Å². The maximum absolute atomic E-state index is 10.8. The van der Waals surface area contributed by atoms with E-state index in [1.807, 2.05) is 35.0 Å². The predicted molar refractivity (Wildman–Crippen MR) is 114 cm³/mol. The van der Waals surface area contributed by atoms with Crippen LogP contribution >= 0.6 is 0 Å². The zero-order chi connectivity index (χ0) is 20.9. The number of nitrogens with two attached hydrogens (primary N) is 1. The lowest BCUT2D eigenvalue weighted by molar-refractivity contribution is -0.384. The normalized spacial score (nSPS) is 10.7. The summed E-state index contributed by atoms with van der Waals surface area (Å²) in [6.07, 6.45) is 6.60. The van der Waals surface area contributed by atoms with Crippen LogP contribution in [-0.4, -0.2) is 24.4 Å². The minimum atomic E-state index is -0.606. The fourth-order valence-corrected chi connectivity index (χ4v) is 3.13. The molecule has 4 aromatic rings. The van der Waals surface area contributed by atoms with Gasteiger partial charge in [-0.2, -0.15) is 4.98 Å². The highest BCUT2D eigenvalue weighted by Gasteiger charge is 2.14. The quantitative estimate of drug-likeness (QED) is 0.359. The maximum atomic E-state index is 10.8. The zero-order valence-corrected chi connectivity index (χ0v) is 16.0. The van der Waals surface area contributed by atoms with Crippen molar-refractivity contribution >= 4 is 17.5 Å². The van der Waals surface area contributed by atoms with Gasteiger partial charge in [0.05, 0.1) is 11.3 Å². The van der Waals surface area contributed by atoms with Gasteiger partial charge in [0, 0.05) is 25.5 Å². The summed E-state index contributed by atoms with van der Waals surface area (Å²) in [6, 6.07) is 16.4. The van der Waals surface area contributed by atoms with Gasteiger partial charge in [0.25, 0.3) is 0 Å². The lowest BCUT2D eigenvalue weighted by Crippen LogP contribution is -2.07. The summed E-state index contributed by atoms with van der Waals surface area (Å²) < 4.78 is 2.02. The van der Waals surface area contributed by atoms with E-state index in [9.17, 15) is 10.1 Å². The third-order valence-corrected chi connectivity index (χ3v) is 4.64. The van der Waals surface area contributed by atoms with E-state index in [1.165, 1.54) is 5.56 Å². The number of hydrogen-bond acceptors (Lipinski definition) is 7. The Kier molecular flexibility index (Phi) is 5.33. The van der Waals surface area contributed by atoms with Crippen molar-refractivity contribution in [2.75, 3.05) is 11.1 Å². The van der Waals surface area contributed by atoms with Crippen LogP contribution in [0.15, 0.2) is 73.4 Å². The molecule has 2 aromatic heterocycles. The highest BCUT2D eigenvalue weighted by molar-refractivity contribution is 5.68. The molecule has 0 radical (unpaired) electrons. The Morgan fingerprint density at radius 2 is 1.93 bits per heavy atom. The van der Waals surface area contributed by atoms with Crippen LogP contribution in [0.3, 0.4) is 0 Å². The standard InChI is InChI=1S/C21H19N7O2/c22-20-19(28(29)30)12-25-21(26-20)24-11-17-3-1-2-4-18(17)16-7-5-15(6-8-16)13-27-10-9-23-14-27/h1-10,12,14H,11,13H2,(H3,22,24,25,26). The molecule has 9 heteroatoms. The van der Waals surface area contributed by atoms with Gasteiger partial charge in [-0.15, -0.1) is 0 Å². The molecule has 0 amide bonds. The molecule has 3 N–H and O–H groups in total. The van der Waals surface area contributed by atoms with Crippen LogP contribution in [0.2, 0.25) is 0 Å². The highest BCUT2D eigenvalue weighted by Crippen LogP contribution is 2.25. The van der Waals surface area contributed by atoms with E-state index >= 15 is 0 Å². The first-order valence-electron chi connectivity index (χ1n) is 9.24. The largest absolute Gasteiger partial charge is 0.378 e. The first kappa shape index (κ1) is 19.1. The van der Waals surface area contributed by atoms with Gasteiger partial charge in [-0.1, -0.05) is 48.5 Å². The molecule has 150 valence electrons. The Hall–Kier alpha value is -4.27. The average molecular weight is 401 g/mol. The number of nitrogens with one attached hydrogen (secondary N) is 1. The number of nitro groups is 1. The van der Waals surface area contributed by atoms with Crippen LogP contribution in [0, 0.1) is 10.1 Å².